The van der Waals surface area contributed by atoms with Gasteiger partial charge in [0.1, 0.15) is 5.75 Å². The van der Waals surface area contributed by atoms with Crippen LogP contribution >= 0.6 is 0 Å². The summed E-state index contributed by atoms with van der Waals surface area (Å²) in [5.41, 5.74) is 3.22. The van der Waals surface area contributed by atoms with E-state index in [1.54, 1.807) is 7.11 Å². The van der Waals surface area contributed by atoms with Gasteiger partial charge in [0.05, 0.1) is 13.2 Å². The molecule has 0 bridgehead atoms. The standard InChI is InChI=1S/C18H23NO2/c1-4-18(20)16-10-5-6-11-17(16)19(2)13-14-8-7-9-15(12-14)21-3/h5-12,18,20H,4,13H2,1-3H3/t18-/m0/s1. The smallest absolute Gasteiger partial charge is 0.119 e. The second-order valence-electron chi connectivity index (χ2n) is 5.19. The van der Waals surface area contributed by atoms with E-state index in [0.29, 0.717) is 6.42 Å². The molecule has 0 spiro atoms. The maximum Gasteiger partial charge on any atom is 0.119 e. The van der Waals surface area contributed by atoms with Crippen LogP contribution in [0, 0.1) is 0 Å². The summed E-state index contributed by atoms with van der Waals surface area (Å²) in [6.07, 6.45) is 0.290. The van der Waals surface area contributed by atoms with Crippen LogP contribution in [-0.2, 0) is 6.54 Å². The van der Waals surface area contributed by atoms with Gasteiger partial charge >= 0.3 is 0 Å². The summed E-state index contributed by atoms with van der Waals surface area (Å²) < 4.78 is 5.26. The molecule has 0 aliphatic rings. The van der Waals surface area contributed by atoms with Gasteiger partial charge in [0, 0.05) is 24.8 Å². The van der Waals surface area contributed by atoms with Crippen LogP contribution in [0.4, 0.5) is 5.69 Å². The summed E-state index contributed by atoms with van der Waals surface area (Å²) in [7, 11) is 3.72. The van der Waals surface area contributed by atoms with E-state index in [-0.39, 0.29) is 0 Å². The number of anilines is 1. The van der Waals surface area contributed by atoms with Crippen molar-refractivity contribution in [1.29, 1.82) is 0 Å². The van der Waals surface area contributed by atoms with Crippen LogP contribution in [0.2, 0.25) is 0 Å². The summed E-state index contributed by atoms with van der Waals surface area (Å²) in [4.78, 5) is 2.16. The Morgan fingerprint density at radius 1 is 1.14 bits per heavy atom. The van der Waals surface area contributed by atoms with E-state index in [4.69, 9.17) is 4.74 Å². The number of aliphatic hydroxyl groups excluding tert-OH is 1. The van der Waals surface area contributed by atoms with Crippen molar-refractivity contribution in [2.75, 3.05) is 19.1 Å². The number of hydrogen-bond donors (Lipinski definition) is 1. The van der Waals surface area contributed by atoms with Crippen LogP contribution in [0.1, 0.15) is 30.6 Å². The predicted octanol–water partition coefficient (Wildman–Crippen LogP) is 3.78. The average Bonchev–Trinajstić information content (AvgIpc) is 2.54. The fraction of sp³-hybridized carbons (Fsp3) is 0.333. The van der Waals surface area contributed by atoms with Gasteiger partial charge in [0.2, 0.25) is 0 Å². The van der Waals surface area contributed by atoms with Gasteiger partial charge in [-0.1, -0.05) is 37.3 Å². The fourth-order valence-electron chi connectivity index (χ4n) is 2.47. The molecule has 0 aromatic heterocycles. The molecule has 1 atom stereocenters. The number of ether oxygens (including phenoxy) is 1. The maximum atomic E-state index is 10.2. The Labute approximate surface area is 126 Å². The molecule has 0 amide bonds. The lowest BCUT2D eigenvalue weighted by Gasteiger charge is -2.24. The number of aliphatic hydroxyl groups is 1. The van der Waals surface area contributed by atoms with E-state index in [0.717, 1.165) is 23.5 Å². The first-order chi connectivity index (χ1) is 10.2. The average molecular weight is 285 g/mol. The molecule has 0 radical (unpaired) electrons. The van der Waals surface area contributed by atoms with E-state index >= 15 is 0 Å². The van der Waals surface area contributed by atoms with E-state index in [2.05, 4.69) is 11.0 Å². The van der Waals surface area contributed by atoms with Gasteiger partial charge in [-0.25, -0.2) is 0 Å². The van der Waals surface area contributed by atoms with E-state index in [1.807, 2.05) is 56.4 Å². The Bertz CT molecular complexity index is 583. The summed E-state index contributed by atoms with van der Waals surface area (Å²) in [5.74, 6) is 0.864. The van der Waals surface area contributed by atoms with Crippen molar-refractivity contribution in [1.82, 2.24) is 0 Å². The lowest BCUT2D eigenvalue weighted by molar-refractivity contribution is 0.174. The van der Waals surface area contributed by atoms with Crippen LogP contribution in [0.25, 0.3) is 0 Å². The molecule has 3 nitrogen and oxygen atoms in total. The molecule has 2 aromatic carbocycles. The Kier molecular flexibility index (Phi) is 5.23. The zero-order valence-electron chi connectivity index (χ0n) is 12.9. The van der Waals surface area contributed by atoms with Gasteiger partial charge in [-0.3, -0.25) is 0 Å². The highest BCUT2D eigenvalue weighted by Crippen LogP contribution is 2.28. The highest BCUT2D eigenvalue weighted by molar-refractivity contribution is 5.54. The fourth-order valence-corrected chi connectivity index (χ4v) is 2.47. The molecule has 0 fully saturated rings. The Balaban J connectivity index is 2.22. The van der Waals surface area contributed by atoms with Crippen molar-refractivity contribution >= 4 is 5.69 Å². The molecule has 0 saturated carbocycles. The Morgan fingerprint density at radius 3 is 2.62 bits per heavy atom. The molecule has 3 heteroatoms. The van der Waals surface area contributed by atoms with Crippen LogP contribution in [0.15, 0.2) is 48.5 Å². The van der Waals surface area contributed by atoms with E-state index < -0.39 is 6.10 Å². The lowest BCUT2D eigenvalue weighted by Crippen LogP contribution is -2.18. The van der Waals surface area contributed by atoms with Gasteiger partial charge in [0.15, 0.2) is 0 Å². The minimum atomic E-state index is -0.422. The number of rotatable bonds is 6. The first-order valence-corrected chi connectivity index (χ1v) is 7.26. The van der Waals surface area contributed by atoms with E-state index in [1.165, 1.54) is 5.56 Å². The second kappa shape index (κ2) is 7.14. The number of para-hydroxylation sites is 1. The number of hydrogen-bond acceptors (Lipinski definition) is 3. The molecule has 0 aliphatic carbocycles. The Morgan fingerprint density at radius 2 is 1.90 bits per heavy atom. The zero-order valence-corrected chi connectivity index (χ0v) is 12.9. The molecule has 2 aromatic rings. The first-order valence-electron chi connectivity index (χ1n) is 7.26. The summed E-state index contributed by atoms with van der Waals surface area (Å²) in [6.45, 7) is 2.76. The lowest BCUT2D eigenvalue weighted by atomic mass is 10.0. The zero-order chi connectivity index (χ0) is 15.2. The monoisotopic (exact) mass is 285 g/mol. The third kappa shape index (κ3) is 3.76. The summed E-state index contributed by atoms with van der Waals surface area (Å²) >= 11 is 0. The molecule has 21 heavy (non-hydrogen) atoms. The second-order valence-corrected chi connectivity index (χ2v) is 5.19. The van der Waals surface area contributed by atoms with Crippen molar-refractivity contribution in [3.05, 3.63) is 59.7 Å². The quantitative estimate of drug-likeness (QED) is 0.877. The highest BCUT2D eigenvalue weighted by Gasteiger charge is 2.13. The number of benzene rings is 2. The molecule has 2 rings (SSSR count). The van der Waals surface area contributed by atoms with Gasteiger partial charge in [-0.2, -0.15) is 0 Å². The van der Waals surface area contributed by atoms with Crippen LogP contribution < -0.4 is 9.64 Å². The largest absolute Gasteiger partial charge is 0.497 e. The predicted molar refractivity (Wildman–Crippen MR) is 86.8 cm³/mol. The topological polar surface area (TPSA) is 32.7 Å². The van der Waals surface area contributed by atoms with Crippen molar-refractivity contribution in [3.8, 4) is 5.75 Å². The molecule has 1 N–H and O–H groups in total. The molecule has 0 aliphatic heterocycles. The van der Waals surface area contributed by atoms with Gasteiger partial charge in [-0.15, -0.1) is 0 Å². The van der Waals surface area contributed by atoms with Gasteiger partial charge < -0.3 is 14.7 Å². The number of methoxy groups -OCH3 is 1. The molecule has 112 valence electrons. The minimum absolute atomic E-state index is 0.422. The van der Waals surface area contributed by atoms with Crippen molar-refractivity contribution in [2.45, 2.75) is 26.0 Å². The molecule has 0 saturated heterocycles. The third-order valence-corrected chi connectivity index (χ3v) is 3.65. The first kappa shape index (κ1) is 15.4. The van der Waals surface area contributed by atoms with Crippen LogP contribution in [0.3, 0.4) is 0 Å². The van der Waals surface area contributed by atoms with Crippen LogP contribution in [-0.4, -0.2) is 19.3 Å². The molecule has 0 heterocycles. The van der Waals surface area contributed by atoms with Crippen molar-refractivity contribution in [2.24, 2.45) is 0 Å². The van der Waals surface area contributed by atoms with Gasteiger partial charge in [0.25, 0.3) is 0 Å². The van der Waals surface area contributed by atoms with Crippen LogP contribution in [0.5, 0.6) is 5.75 Å². The maximum absolute atomic E-state index is 10.2. The Hall–Kier alpha value is -2.00. The summed E-state index contributed by atoms with van der Waals surface area (Å²) in [6, 6.07) is 16.1. The third-order valence-electron chi connectivity index (χ3n) is 3.65. The minimum Gasteiger partial charge on any atom is -0.497 e. The van der Waals surface area contributed by atoms with Gasteiger partial charge in [-0.05, 0) is 30.2 Å². The van der Waals surface area contributed by atoms with Crippen molar-refractivity contribution in [3.63, 3.8) is 0 Å². The number of nitrogens with zero attached hydrogens (tertiary/aromatic N) is 1. The van der Waals surface area contributed by atoms with Crippen molar-refractivity contribution < 1.29 is 9.84 Å². The molecule has 0 unspecified atom stereocenters. The highest BCUT2D eigenvalue weighted by atomic mass is 16.5. The van der Waals surface area contributed by atoms with E-state index in [9.17, 15) is 5.11 Å². The SMILES string of the molecule is CC[C@H](O)c1ccccc1N(C)Cc1cccc(OC)c1. The normalized spacial score (nSPS) is 12.0. The summed E-state index contributed by atoms with van der Waals surface area (Å²) in [5, 5.41) is 10.2. The molecular weight excluding hydrogens is 262 g/mol. The molecular formula is C18H23NO2.